The van der Waals surface area contributed by atoms with Crippen molar-refractivity contribution in [3.8, 4) is 0 Å². The first kappa shape index (κ1) is 15.2. The lowest BCUT2D eigenvalue weighted by molar-refractivity contribution is -0.116. The Bertz CT molecular complexity index is 268. The summed E-state index contributed by atoms with van der Waals surface area (Å²) in [4.78, 5) is 11.7. The van der Waals surface area contributed by atoms with E-state index in [4.69, 9.17) is 4.74 Å². The molecule has 104 valence electrons. The Kier molecular flexibility index (Phi) is 7.74. The Morgan fingerprint density at radius 2 is 2.22 bits per heavy atom. The fourth-order valence-corrected chi connectivity index (χ4v) is 2.17. The molecule has 1 aliphatic rings. The zero-order valence-electron chi connectivity index (χ0n) is 11.8. The maximum absolute atomic E-state index is 11.7. The smallest absolute Gasteiger partial charge is 0.243 e. The van der Waals surface area contributed by atoms with Crippen LogP contribution in [0.1, 0.15) is 52.4 Å². The van der Waals surface area contributed by atoms with Crippen LogP contribution < -0.4 is 5.32 Å². The van der Waals surface area contributed by atoms with Crippen molar-refractivity contribution < 1.29 is 9.53 Å². The summed E-state index contributed by atoms with van der Waals surface area (Å²) in [5.74, 6) is 0.558. The number of hydrogen-bond donors (Lipinski definition) is 1. The van der Waals surface area contributed by atoms with Crippen LogP contribution in [0.25, 0.3) is 0 Å². The summed E-state index contributed by atoms with van der Waals surface area (Å²) in [6.45, 7) is 6.64. The van der Waals surface area contributed by atoms with E-state index < -0.39 is 0 Å². The Morgan fingerprint density at radius 1 is 1.39 bits per heavy atom. The van der Waals surface area contributed by atoms with Gasteiger partial charge in [-0.25, -0.2) is 0 Å². The van der Waals surface area contributed by atoms with Crippen molar-refractivity contribution in [2.45, 2.75) is 52.4 Å². The van der Waals surface area contributed by atoms with Gasteiger partial charge in [0.15, 0.2) is 0 Å². The second kappa shape index (κ2) is 9.15. The van der Waals surface area contributed by atoms with E-state index in [2.05, 4.69) is 12.2 Å². The van der Waals surface area contributed by atoms with E-state index in [1.54, 1.807) is 6.08 Å². The van der Waals surface area contributed by atoms with Crippen LogP contribution >= 0.6 is 0 Å². The van der Waals surface area contributed by atoms with Gasteiger partial charge in [-0.1, -0.05) is 31.8 Å². The molecule has 1 unspecified atom stereocenters. The molecule has 0 aliphatic carbocycles. The lowest BCUT2D eigenvalue weighted by Crippen LogP contribution is -2.28. The number of amides is 1. The molecule has 0 bridgehead atoms. The van der Waals surface area contributed by atoms with Crippen molar-refractivity contribution in [2.24, 2.45) is 5.92 Å². The number of hydrogen-bond acceptors (Lipinski definition) is 2. The number of carbonyl (C=O) groups excluding carboxylic acids is 1. The van der Waals surface area contributed by atoms with Crippen molar-refractivity contribution >= 4 is 5.91 Å². The lowest BCUT2D eigenvalue weighted by atomic mass is 10.1. The van der Waals surface area contributed by atoms with Crippen LogP contribution in [-0.2, 0) is 9.53 Å². The number of nitrogens with one attached hydrogen (secondary N) is 1. The summed E-state index contributed by atoms with van der Waals surface area (Å²) in [6, 6.07) is 0. The molecule has 18 heavy (non-hydrogen) atoms. The molecule has 1 rings (SSSR count). The van der Waals surface area contributed by atoms with E-state index in [0.29, 0.717) is 5.92 Å². The summed E-state index contributed by atoms with van der Waals surface area (Å²) < 4.78 is 5.28. The second-order valence-electron chi connectivity index (χ2n) is 5.28. The van der Waals surface area contributed by atoms with Crippen LogP contribution in [0, 0.1) is 5.92 Å². The quantitative estimate of drug-likeness (QED) is 0.533. The molecule has 0 saturated carbocycles. The van der Waals surface area contributed by atoms with Gasteiger partial charge < -0.3 is 10.1 Å². The third-order valence-electron chi connectivity index (χ3n) is 3.39. The van der Waals surface area contributed by atoms with Gasteiger partial charge in [-0.05, 0) is 26.2 Å². The number of allylic oxidation sites excluding steroid dienone is 1. The Labute approximate surface area is 111 Å². The lowest BCUT2D eigenvalue weighted by Gasteiger charge is -2.08. The van der Waals surface area contributed by atoms with E-state index in [0.717, 1.165) is 32.6 Å². The summed E-state index contributed by atoms with van der Waals surface area (Å²) in [5, 5.41) is 2.96. The molecule has 1 N–H and O–H groups in total. The normalized spacial score (nSPS) is 20.1. The zero-order chi connectivity index (χ0) is 13.2. The number of carbonyl (C=O) groups is 1. The van der Waals surface area contributed by atoms with Crippen LogP contribution in [0.2, 0.25) is 0 Å². The number of ether oxygens (including phenoxy) is 1. The molecule has 1 saturated heterocycles. The second-order valence-corrected chi connectivity index (χ2v) is 5.28. The molecular weight excluding hydrogens is 226 g/mol. The van der Waals surface area contributed by atoms with Gasteiger partial charge in [-0.2, -0.15) is 0 Å². The number of unbranched alkanes of at least 4 members (excludes halogenated alkanes) is 3. The Hall–Kier alpha value is -0.830. The van der Waals surface area contributed by atoms with E-state index in [-0.39, 0.29) is 5.91 Å². The summed E-state index contributed by atoms with van der Waals surface area (Å²) in [6.07, 6.45) is 8.87. The molecule has 1 fully saturated rings. The first-order valence-electron chi connectivity index (χ1n) is 7.25. The highest BCUT2D eigenvalue weighted by Gasteiger charge is 2.15. The third-order valence-corrected chi connectivity index (χ3v) is 3.39. The third kappa shape index (κ3) is 6.80. The van der Waals surface area contributed by atoms with Crippen molar-refractivity contribution in [1.29, 1.82) is 0 Å². The molecule has 0 spiro atoms. The molecule has 0 aromatic carbocycles. The minimum atomic E-state index is 0.0508. The topological polar surface area (TPSA) is 38.3 Å². The molecule has 3 heteroatoms. The van der Waals surface area contributed by atoms with Gasteiger partial charge in [0.05, 0.1) is 6.61 Å². The van der Waals surface area contributed by atoms with Gasteiger partial charge in [0.1, 0.15) is 0 Å². The van der Waals surface area contributed by atoms with Crippen molar-refractivity contribution in [3.05, 3.63) is 11.6 Å². The minimum Gasteiger partial charge on any atom is -0.381 e. The standard InChI is InChI=1S/C15H27NO2/c1-3-4-5-6-7-13(2)10-15(17)16-11-14-8-9-18-12-14/h10,14H,3-9,11-12H2,1-2H3,(H,16,17). The van der Waals surface area contributed by atoms with Crippen molar-refractivity contribution in [3.63, 3.8) is 0 Å². The largest absolute Gasteiger partial charge is 0.381 e. The Morgan fingerprint density at radius 3 is 2.89 bits per heavy atom. The minimum absolute atomic E-state index is 0.0508. The number of rotatable bonds is 8. The van der Waals surface area contributed by atoms with Crippen molar-refractivity contribution in [1.82, 2.24) is 5.32 Å². The van der Waals surface area contributed by atoms with Gasteiger partial charge in [0.2, 0.25) is 5.91 Å². The maximum atomic E-state index is 11.7. The molecule has 0 aromatic rings. The van der Waals surface area contributed by atoms with E-state index in [1.807, 2.05) is 6.92 Å². The van der Waals surface area contributed by atoms with E-state index in [9.17, 15) is 4.79 Å². The first-order valence-corrected chi connectivity index (χ1v) is 7.25. The average molecular weight is 253 g/mol. The highest BCUT2D eigenvalue weighted by atomic mass is 16.5. The molecule has 0 radical (unpaired) electrons. The molecule has 3 nitrogen and oxygen atoms in total. The maximum Gasteiger partial charge on any atom is 0.243 e. The fraction of sp³-hybridized carbons (Fsp3) is 0.800. The predicted octanol–water partition coefficient (Wildman–Crippen LogP) is 3.06. The SMILES string of the molecule is CCCCCCC(C)=CC(=O)NCC1CCOC1. The van der Waals surface area contributed by atoms with Gasteiger partial charge in [0.25, 0.3) is 0 Å². The van der Waals surface area contributed by atoms with Crippen LogP contribution in [0.5, 0.6) is 0 Å². The van der Waals surface area contributed by atoms with Crippen LogP contribution in [0.3, 0.4) is 0 Å². The summed E-state index contributed by atoms with van der Waals surface area (Å²) in [5.41, 5.74) is 1.19. The molecule has 1 atom stereocenters. The molecule has 1 amide bonds. The van der Waals surface area contributed by atoms with Gasteiger partial charge in [-0.3, -0.25) is 4.79 Å². The highest BCUT2D eigenvalue weighted by molar-refractivity contribution is 5.88. The van der Waals surface area contributed by atoms with Crippen LogP contribution in [-0.4, -0.2) is 25.7 Å². The molecule has 0 aromatic heterocycles. The summed E-state index contributed by atoms with van der Waals surface area (Å²) in [7, 11) is 0. The highest BCUT2D eigenvalue weighted by Crippen LogP contribution is 2.11. The Balaban J connectivity index is 2.11. The first-order chi connectivity index (χ1) is 8.72. The fourth-order valence-electron chi connectivity index (χ4n) is 2.17. The molecular formula is C15H27NO2. The van der Waals surface area contributed by atoms with Gasteiger partial charge >= 0.3 is 0 Å². The van der Waals surface area contributed by atoms with Crippen LogP contribution in [0.4, 0.5) is 0 Å². The van der Waals surface area contributed by atoms with Gasteiger partial charge in [0, 0.05) is 25.1 Å². The summed E-state index contributed by atoms with van der Waals surface area (Å²) >= 11 is 0. The van der Waals surface area contributed by atoms with Crippen LogP contribution in [0.15, 0.2) is 11.6 Å². The van der Waals surface area contributed by atoms with E-state index in [1.165, 1.54) is 31.3 Å². The van der Waals surface area contributed by atoms with Gasteiger partial charge in [-0.15, -0.1) is 0 Å². The monoisotopic (exact) mass is 253 g/mol. The zero-order valence-corrected chi connectivity index (χ0v) is 11.8. The molecule has 1 aliphatic heterocycles. The average Bonchev–Trinajstić information content (AvgIpc) is 2.85. The molecule has 1 heterocycles. The van der Waals surface area contributed by atoms with Crippen molar-refractivity contribution in [2.75, 3.05) is 19.8 Å². The van der Waals surface area contributed by atoms with E-state index >= 15 is 0 Å². The predicted molar refractivity (Wildman–Crippen MR) is 74.5 cm³/mol.